The number of aromatic nitrogens is 1. The van der Waals surface area contributed by atoms with Crippen molar-refractivity contribution in [3.05, 3.63) is 46.1 Å². The molecule has 0 unspecified atom stereocenters. The van der Waals surface area contributed by atoms with Crippen LogP contribution in [0.1, 0.15) is 6.92 Å². The summed E-state index contributed by atoms with van der Waals surface area (Å²) in [5.74, 6) is -0.221. The number of benzene rings is 1. The fourth-order valence-corrected chi connectivity index (χ4v) is 3.41. The summed E-state index contributed by atoms with van der Waals surface area (Å²) in [5, 5.41) is 2.88. The van der Waals surface area contributed by atoms with E-state index >= 15 is 0 Å². The van der Waals surface area contributed by atoms with Crippen molar-refractivity contribution < 1.29 is 23.0 Å². The predicted octanol–water partition coefficient (Wildman–Crippen LogP) is 3.65. The van der Waals surface area contributed by atoms with Crippen molar-refractivity contribution in [3.8, 4) is 22.6 Å². The number of amides is 1. The summed E-state index contributed by atoms with van der Waals surface area (Å²) in [5.41, 5.74) is 4.54. The van der Waals surface area contributed by atoms with E-state index in [2.05, 4.69) is 30.0 Å². The molecular weight excluding hydrogens is 402 g/mol. The van der Waals surface area contributed by atoms with Crippen molar-refractivity contribution >= 4 is 35.3 Å². The average Bonchev–Trinajstić information content (AvgIpc) is 3.16. The third kappa shape index (κ3) is 3.51. The Bertz CT molecular complexity index is 969. The lowest BCUT2D eigenvalue weighted by molar-refractivity contribution is -0.286. The number of ether oxygens (including phenoxy) is 2. The van der Waals surface area contributed by atoms with Crippen LogP contribution in [0.15, 0.2) is 41.1 Å². The maximum atomic E-state index is 13.2. The number of pyridine rings is 1. The van der Waals surface area contributed by atoms with E-state index in [4.69, 9.17) is 11.6 Å². The molecule has 0 radical (unpaired) electrons. The number of nitrogens with zero attached hydrogens (tertiary/aromatic N) is 1. The molecule has 1 aromatic heterocycles. The summed E-state index contributed by atoms with van der Waals surface area (Å²) in [6.45, 7) is 1.77. The van der Waals surface area contributed by atoms with Crippen molar-refractivity contribution in [2.75, 3.05) is 5.32 Å². The molecular formula is C16H11ClF2N4O3S. The minimum atomic E-state index is -3.72. The minimum absolute atomic E-state index is 0.113. The molecule has 2 aromatic rings. The van der Waals surface area contributed by atoms with Gasteiger partial charge in [-0.15, -0.1) is 8.78 Å². The normalized spacial score (nSPS) is 17.0. The van der Waals surface area contributed by atoms with Crippen molar-refractivity contribution in [1.82, 2.24) is 15.2 Å². The zero-order valence-corrected chi connectivity index (χ0v) is 15.2. The molecule has 2 aliphatic heterocycles. The van der Waals surface area contributed by atoms with Crippen LogP contribution in [0, 0.1) is 0 Å². The number of hydrogen-bond acceptors (Lipinski definition) is 7. The monoisotopic (exact) mass is 412 g/mol. The number of allylic oxidation sites excluding steroid dienone is 1. The third-order valence-electron chi connectivity index (χ3n) is 3.75. The number of hydrazine groups is 1. The topological polar surface area (TPSA) is 84.5 Å². The Balaban J connectivity index is 1.55. The Kier molecular flexibility index (Phi) is 4.33. The van der Waals surface area contributed by atoms with E-state index in [1.807, 2.05) is 0 Å². The molecule has 7 nitrogen and oxygen atoms in total. The Labute approximate surface area is 161 Å². The first-order valence-electron chi connectivity index (χ1n) is 7.58. The van der Waals surface area contributed by atoms with Crippen LogP contribution in [0.3, 0.4) is 0 Å². The number of carbonyl (C=O) groups is 1. The van der Waals surface area contributed by atoms with E-state index in [-0.39, 0.29) is 22.4 Å². The van der Waals surface area contributed by atoms with Gasteiger partial charge in [0.1, 0.15) is 10.7 Å². The number of rotatable bonds is 3. The second-order valence-corrected chi connectivity index (χ2v) is 6.84. The molecule has 0 atom stereocenters. The first kappa shape index (κ1) is 17.8. The van der Waals surface area contributed by atoms with E-state index in [1.165, 1.54) is 30.3 Å². The van der Waals surface area contributed by atoms with Gasteiger partial charge in [0, 0.05) is 29.1 Å². The summed E-state index contributed by atoms with van der Waals surface area (Å²) in [6.07, 6.45) is -2.25. The van der Waals surface area contributed by atoms with Gasteiger partial charge in [-0.3, -0.25) is 4.79 Å². The van der Waals surface area contributed by atoms with Crippen molar-refractivity contribution in [1.29, 1.82) is 0 Å². The van der Waals surface area contributed by atoms with Crippen LogP contribution in [-0.4, -0.2) is 17.2 Å². The predicted molar refractivity (Wildman–Crippen MR) is 96.1 cm³/mol. The van der Waals surface area contributed by atoms with E-state index < -0.39 is 6.29 Å². The van der Waals surface area contributed by atoms with Crippen LogP contribution in [0.2, 0.25) is 5.02 Å². The lowest BCUT2D eigenvalue weighted by Gasteiger charge is -2.08. The van der Waals surface area contributed by atoms with Crippen molar-refractivity contribution in [2.45, 2.75) is 13.2 Å². The van der Waals surface area contributed by atoms with Gasteiger partial charge in [0.25, 0.3) is 5.91 Å². The van der Waals surface area contributed by atoms with Gasteiger partial charge in [-0.25, -0.2) is 4.98 Å². The first-order valence-corrected chi connectivity index (χ1v) is 8.78. The molecule has 11 heteroatoms. The molecule has 2 aliphatic rings. The molecule has 0 saturated carbocycles. The molecule has 1 amide bonds. The third-order valence-corrected chi connectivity index (χ3v) is 4.96. The minimum Gasteiger partial charge on any atom is -0.395 e. The highest BCUT2D eigenvalue weighted by atomic mass is 35.5. The molecule has 3 heterocycles. The van der Waals surface area contributed by atoms with Gasteiger partial charge in [0.05, 0.1) is 5.02 Å². The lowest BCUT2D eigenvalue weighted by atomic mass is 10.1. The lowest BCUT2D eigenvalue weighted by Crippen LogP contribution is -2.25. The number of carbonyl (C=O) groups excluding carboxylic acids is 1. The molecule has 4 rings (SSSR count). The maximum absolute atomic E-state index is 13.2. The Morgan fingerprint density at radius 3 is 2.67 bits per heavy atom. The highest BCUT2D eigenvalue weighted by molar-refractivity contribution is 8.02. The fourth-order valence-electron chi connectivity index (χ4n) is 2.50. The summed E-state index contributed by atoms with van der Waals surface area (Å²) < 4.78 is 35.2. The Hall–Kier alpha value is -2.56. The van der Waals surface area contributed by atoms with Gasteiger partial charge >= 0.3 is 6.29 Å². The molecule has 0 fully saturated rings. The fraction of sp³-hybridized carbons (Fsp3) is 0.125. The standard InChI is InChI=1S/C16H11ClF2N4O3S/c1-7-14(27-23-22-7)15(24)21-13-3-2-8(6-20-13)9-4-11-12(5-10(9)17)26-16(18,19)25-11/h2-6,22-23H,1H3,(H,20,21,24). The summed E-state index contributed by atoms with van der Waals surface area (Å²) in [4.78, 5) is 19.6. The number of nitrogens with one attached hydrogen (secondary N) is 3. The largest absolute Gasteiger partial charge is 0.586 e. The maximum Gasteiger partial charge on any atom is 0.586 e. The highest BCUT2D eigenvalue weighted by Crippen LogP contribution is 2.46. The smallest absolute Gasteiger partial charge is 0.395 e. The molecule has 140 valence electrons. The average molecular weight is 413 g/mol. The number of fused-ring (bicyclic) bond motifs is 1. The van der Waals surface area contributed by atoms with E-state index in [0.29, 0.717) is 27.5 Å². The van der Waals surface area contributed by atoms with Gasteiger partial charge < -0.3 is 20.2 Å². The van der Waals surface area contributed by atoms with E-state index in [9.17, 15) is 13.6 Å². The Morgan fingerprint density at radius 1 is 1.30 bits per heavy atom. The zero-order chi connectivity index (χ0) is 19.2. The quantitative estimate of drug-likeness (QED) is 0.663. The van der Waals surface area contributed by atoms with Crippen LogP contribution < -0.4 is 25.0 Å². The number of anilines is 1. The van der Waals surface area contributed by atoms with Crippen LogP contribution in [0.4, 0.5) is 14.6 Å². The van der Waals surface area contributed by atoms with Gasteiger partial charge in [0.2, 0.25) is 0 Å². The molecule has 0 saturated heterocycles. The number of alkyl halides is 2. The second-order valence-electron chi connectivity index (χ2n) is 5.62. The summed E-state index contributed by atoms with van der Waals surface area (Å²) in [7, 11) is 0. The molecule has 0 aliphatic carbocycles. The van der Waals surface area contributed by atoms with Crippen LogP contribution in [0.5, 0.6) is 11.5 Å². The molecule has 3 N–H and O–H groups in total. The zero-order valence-electron chi connectivity index (χ0n) is 13.6. The van der Waals surface area contributed by atoms with Crippen molar-refractivity contribution in [3.63, 3.8) is 0 Å². The van der Waals surface area contributed by atoms with Crippen LogP contribution in [0.25, 0.3) is 11.1 Å². The van der Waals surface area contributed by atoms with Crippen LogP contribution >= 0.6 is 23.5 Å². The van der Waals surface area contributed by atoms with Crippen molar-refractivity contribution in [2.24, 2.45) is 0 Å². The SMILES string of the molecule is CC1=C(C(=O)Nc2ccc(-c3cc4c(cc3Cl)OC(F)(F)O4)cn2)SNN1. The second kappa shape index (κ2) is 6.55. The van der Waals surface area contributed by atoms with E-state index in [0.717, 1.165) is 0 Å². The molecule has 27 heavy (non-hydrogen) atoms. The highest BCUT2D eigenvalue weighted by Gasteiger charge is 2.43. The van der Waals surface area contributed by atoms with E-state index in [1.54, 1.807) is 19.1 Å². The number of hydrogen-bond donors (Lipinski definition) is 3. The van der Waals surface area contributed by atoms with Crippen LogP contribution in [-0.2, 0) is 4.79 Å². The Morgan fingerprint density at radius 2 is 2.04 bits per heavy atom. The summed E-state index contributed by atoms with van der Waals surface area (Å²) in [6, 6.07) is 5.85. The first-order chi connectivity index (χ1) is 12.8. The van der Waals surface area contributed by atoms with Gasteiger partial charge in [0.15, 0.2) is 11.5 Å². The van der Waals surface area contributed by atoms with Gasteiger partial charge in [-0.1, -0.05) is 11.6 Å². The van der Waals surface area contributed by atoms with Gasteiger partial charge in [-0.05, 0) is 37.1 Å². The molecule has 1 aromatic carbocycles. The summed E-state index contributed by atoms with van der Waals surface area (Å²) >= 11 is 7.33. The molecule has 0 spiro atoms. The molecule has 0 bridgehead atoms. The van der Waals surface area contributed by atoms with Gasteiger partial charge in [-0.2, -0.15) is 4.83 Å². The number of halogens is 3.